The minimum absolute atomic E-state index is 0.331. The molecule has 0 saturated carbocycles. The first-order chi connectivity index (χ1) is 8.55. The maximum absolute atomic E-state index is 11.3. The van der Waals surface area contributed by atoms with Crippen LogP contribution in [0.25, 0.3) is 0 Å². The molecule has 4 nitrogen and oxygen atoms in total. The molecule has 2 aromatic rings. The molecule has 0 aliphatic carbocycles. The maximum atomic E-state index is 11.3. The van der Waals surface area contributed by atoms with E-state index in [0.29, 0.717) is 11.4 Å². The van der Waals surface area contributed by atoms with Gasteiger partial charge in [0.05, 0.1) is 4.90 Å². The van der Waals surface area contributed by atoms with Crippen LogP contribution in [0.4, 0.5) is 5.69 Å². The van der Waals surface area contributed by atoms with Crippen LogP contribution in [0.1, 0.15) is 5.56 Å². The van der Waals surface area contributed by atoms with Crippen LogP contribution in [0.3, 0.4) is 0 Å². The van der Waals surface area contributed by atoms with Crippen LogP contribution in [0.15, 0.2) is 53.7 Å². The topological polar surface area (TPSA) is 59.1 Å². The molecule has 0 saturated heterocycles. The molecule has 1 aromatic carbocycles. The molecule has 0 amide bonds. The van der Waals surface area contributed by atoms with Crippen molar-refractivity contribution in [3.63, 3.8) is 0 Å². The number of benzene rings is 1. The predicted octanol–water partition coefficient (Wildman–Crippen LogP) is 2.10. The first kappa shape index (κ1) is 12.6. The highest BCUT2D eigenvalue weighted by molar-refractivity contribution is 7.90. The van der Waals surface area contributed by atoms with E-state index in [9.17, 15) is 8.42 Å². The number of pyridine rings is 1. The summed E-state index contributed by atoms with van der Waals surface area (Å²) >= 11 is 0. The Labute approximate surface area is 107 Å². The second-order valence-corrected chi connectivity index (χ2v) is 6.02. The van der Waals surface area contributed by atoms with Crippen molar-refractivity contribution in [2.24, 2.45) is 0 Å². The monoisotopic (exact) mass is 262 g/mol. The molecular formula is C13H14N2O2S. The van der Waals surface area contributed by atoms with Gasteiger partial charge in [-0.25, -0.2) is 8.42 Å². The number of nitrogens with one attached hydrogen (secondary N) is 1. The highest BCUT2D eigenvalue weighted by atomic mass is 32.2. The molecule has 94 valence electrons. The highest BCUT2D eigenvalue weighted by Gasteiger charge is 2.05. The Morgan fingerprint density at radius 3 is 2.22 bits per heavy atom. The Bertz CT molecular complexity index is 607. The second-order valence-electron chi connectivity index (χ2n) is 4.01. The third-order valence-corrected chi connectivity index (χ3v) is 3.66. The van der Waals surface area contributed by atoms with E-state index in [1.54, 1.807) is 36.7 Å². The third kappa shape index (κ3) is 3.30. The van der Waals surface area contributed by atoms with Crippen LogP contribution in [0, 0.1) is 0 Å². The van der Waals surface area contributed by atoms with Crippen molar-refractivity contribution in [2.45, 2.75) is 11.4 Å². The number of hydrogen-bond donors (Lipinski definition) is 1. The Morgan fingerprint density at radius 1 is 1.06 bits per heavy atom. The lowest BCUT2D eigenvalue weighted by Crippen LogP contribution is -2.01. The van der Waals surface area contributed by atoms with Gasteiger partial charge in [-0.05, 0) is 42.0 Å². The van der Waals surface area contributed by atoms with Crippen molar-refractivity contribution < 1.29 is 8.42 Å². The lowest BCUT2D eigenvalue weighted by molar-refractivity contribution is 0.602. The number of aromatic nitrogens is 1. The number of sulfone groups is 1. The largest absolute Gasteiger partial charge is 0.381 e. The molecule has 0 radical (unpaired) electrons. The van der Waals surface area contributed by atoms with Gasteiger partial charge in [-0.3, -0.25) is 4.98 Å². The fourth-order valence-corrected chi connectivity index (χ4v) is 2.16. The molecule has 0 atom stereocenters. The lowest BCUT2D eigenvalue weighted by Gasteiger charge is -2.07. The van der Waals surface area contributed by atoms with Crippen molar-refractivity contribution in [3.05, 3.63) is 54.4 Å². The van der Waals surface area contributed by atoms with E-state index in [1.165, 1.54) is 6.26 Å². The molecule has 1 heterocycles. The SMILES string of the molecule is CS(=O)(=O)c1ccc(NCc2ccncc2)cc1. The summed E-state index contributed by atoms with van der Waals surface area (Å²) in [4.78, 5) is 4.28. The Kier molecular flexibility index (Phi) is 3.62. The van der Waals surface area contributed by atoms with E-state index < -0.39 is 9.84 Å². The standard InChI is InChI=1S/C13H14N2O2S/c1-18(16,17)13-4-2-12(3-5-13)15-10-11-6-8-14-9-7-11/h2-9,15H,10H2,1H3. The lowest BCUT2D eigenvalue weighted by atomic mass is 10.2. The van der Waals surface area contributed by atoms with Crippen molar-refractivity contribution in [2.75, 3.05) is 11.6 Å². The Morgan fingerprint density at radius 2 is 1.67 bits per heavy atom. The molecule has 0 spiro atoms. The highest BCUT2D eigenvalue weighted by Crippen LogP contribution is 2.14. The van der Waals surface area contributed by atoms with Crippen LogP contribution >= 0.6 is 0 Å². The average Bonchev–Trinajstić information content (AvgIpc) is 2.37. The summed E-state index contributed by atoms with van der Waals surface area (Å²) in [5.41, 5.74) is 2.01. The van der Waals surface area contributed by atoms with Gasteiger partial charge in [0, 0.05) is 30.9 Å². The molecule has 2 rings (SSSR count). The summed E-state index contributed by atoms with van der Waals surface area (Å²) in [5, 5.41) is 3.22. The van der Waals surface area contributed by atoms with Gasteiger partial charge in [0.1, 0.15) is 0 Å². The third-order valence-electron chi connectivity index (χ3n) is 2.53. The van der Waals surface area contributed by atoms with Crippen molar-refractivity contribution in [3.8, 4) is 0 Å². The smallest absolute Gasteiger partial charge is 0.175 e. The molecule has 1 N–H and O–H groups in total. The molecule has 1 aromatic heterocycles. The molecule has 0 unspecified atom stereocenters. The van der Waals surface area contributed by atoms with Gasteiger partial charge < -0.3 is 5.32 Å². The van der Waals surface area contributed by atoms with E-state index in [-0.39, 0.29) is 0 Å². The van der Waals surface area contributed by atoms with E-state index in [1.807, 2.05) is 12.1 Å². The van der Waals surface area contributed by atoms with E-state index >= 15 is 0 Å². The molecule has 0 aliphatic rings. The molecule has 5 heteroatoms. The summed E-state index contributed by atoms with van der Waals surface area (Å²) < 4.78 is 22.6. The summed E-state index contributed by atoms with van der Waals surface area (Å²) in [5.74, 6) is 0. The van der Waals surface area contributed by atoms with Crippen LogP contribution in [-0.2, 0) is 16.4 Å². The zero-order valence-corrected chi connectivity index (χ0v) is 10.8. The summed E-state index contributed by atoms with van der Waals surface area (Å²) in [6.45, 7) is 0.681. The van der Waals surface area contributed by atoms with Crippen molar-refractivity contribution >= 4 is 15.5 Å². The van der Waals surface area contributed by atoms with Gasteiger partial charge in [-0.1, -0.05) is 0 Å². The normalized spacial score (nSPS) is 11.2. The van der Waals surface area contributed by atoms with Crippen LogP contribution in [-0.4, -0.2) is 19.7 Å². The number of nitrogens with zero attached hydrogens (tertiary/aromatic N) is 1. The van der Waals surface area contributed by atoms with Gasteiger partial charge in [0.2, 0.25) is 0 Å². The maximum Gasteiger partial charge on any atom is 0.175 e. The molecule has 0 fully saturated rings. The second kappa shape index (κ2) is 5.18. The van der Waals surface area contributed by atoms with Gasteiger partial charge in [0.15, 0.2) is 9.84 Å². The summed E-state index contributed by atoms with van der Waals surface area (Å²) in [6.07, 6.45) is 4.68. The fraction of sp³-hybridized carbons (Fsp3) is 0.154. The van der Waals surface area contributed by atoms with Crippen LogP contribution in [0.2, 0.25) is 0 Å². The quantitative estimate of drug-likeness (QED) is 0.916. The van der Waals surface area contributed by atoms with Gasteiger partial charge in [0.25, 0.3) is 0 Å². The number of hydrogen-bond acceptors (Lipinski definition) is 4. The molecular weight excluding hydrogens is 248 g/mol. The zero-order valence-electron chi connectivity index (χ0n) is 10.00. The summed E-state index contributed by atoms with van der Waals surface area (Å²) in [7, 11) is -3.12. The van der Waals surface area contributed by atoms with Crippen molar-refractivity contribution in [1.29, 1.82) is 0 Å². The van der Waals surface area contributed by atoms with E-state index in [0.717, 1.165) is 11.3 Å². The minimum Gasteiger partial charge on any atom is -0.381 e. The Hall–Kier alpha value is -1.88. The van der Waals surface area contributed by atoms with Gasteiger partial charge >= 0.3 is 0 Å². The van der Waals surface area contributed by atoms with Crippen LogP contribution in [0.5, 0.6) is 0 Å². The minimum atomic E-state index is -3.12. The summed E-state index contributed by atoms with van der Waals surface area (Å²) in [6, 6.07) is 10.6. The molecule has 0 aliphatic heterocycles. The first-order valence-corrected chi connectivity index (χ1v) is 7.38. The fourth-order valence-electron chi connectivity index (χ4n) is 1.52. The zero-order chi connectivity index (χ0) is 13.0. The molecule has 18 heavy (non-hydrogen) atoms. The van der Waals surface area contributed by atoms with Crippen LogP contribution < -0.4 is 5.32 Å². The van der Waals surface area contributed by atoms with Crippen molar-refractivity contribution in [1.82, 2.24) is 4.98 Å². The number of anilines is 1. The number of rotatable bonds is 4. The van der Waals surface area contributed by atoms with Gasteiger partial charge in [-0.2, -0.15) is 0 Å². The first-order valence-electron chi connectivity index (χ1n) is 5.48. The predicted molar refractivity (Wildman–Crippen MR) is 71.1 cm³/mol. The molecule has 0 bridgehead atoms. The van der Waals surface area contributed by atoms with E-state index in [2.05, 4.69) is 10.3 Å². The van der Waals surface area contributed by atoms with Gasteiger partial charge in [-0.15, -0.1) is 0 Å². The Balaban J connectivity index is 2.03. The van der Waals surface area contributed by atoms with E-state index in [4.69, 9.17) is 0 Å². The average molecular weight is 262 g/mol.